The van der Waals surface area contributed by atoms with Crippen molar-refractivity contribution in [2.75, 3.05) is 0 Å². The molecule has 1 aliphatic rings. The lowest BCUT2D eigenvalue weighted by Gasteiger charge is -2.27. The van der Waals surface area contributed by atoms with Crippen molar-refractivity contribution in [2.45, 2.75) is 56.9 Å². The van der Waals surface area contributed by atoms with Crippen LogP contribution in [0.1, 0.15) is 56.2 Å². The Morgan fingerprint density at radius 1 is 1.09 bits per heavy atom. The van der Waals surface area contributed by atoms with Crippen molar-refractivity contribution < 1.29 is 13.6 Å². The number of fused-ring (bicyclic) bond motifs is 1. The Labute approximate surface area is 201 Å². The van der Waals surface area contributed by atoms with Crippen molar-refractivity contribution in [3.63, 3.8) is 0 Å². The number of nitrogens with one attached hydrogen (secondary N) is 2. The van der Waals surface area contributed by atoms with Crippen molar-refractivity contribution in [3.8, 4) is 11.5 Å². The largest absolute Gasteiger partial charge is 0.420 e. The number of nitrogens with zero attached hydrogens (tertiary/aromatic N) is 3. The number of H-pyrrole nitrogens is 1. The van der Waals surface area contributed by atoms with Crippen LogP contribution in [0.2, 0.25) is 0 Å². The summed E-state index contributed by atoms with van der Waals surface area (Å²) in [7, 11) is 0. The SMILES string of the molecule is O=C(CCCc1nc2ccccc2c(=O)[nH]1)N[C@H]1CC[C@H](c2nnc(-c3cccc(F)c3)o2)CC1. The van der Waals surface area contributed by atoms with Crippen LogP contribution in [0.25, 0.3) is 22.4 Å². The molecule has 0 unspecified atom stereocenters. The molecule has 4 aromatic rings. The third-order valence-electron chi connectivity index (χ3n) is 6.43. The van der Waals surface area contributed by atoms with Gasteiger partial charge in [-0.2, -0.15) is 0 Å². The standard InChI is InChI=1S/C26H26FN5O3/c27-18-6-3-5-17(15-18)26-32-31-25(35-26)16-11-13-19(14-12-16)28-23(33)10-4-9-22-29-21-8-2-1-7-20(21)24(34)30-22/h1-3,5-8,15-16,19H,4,9-14H2,(H,28,33)(H,29,30,34)/t16-,19-. The second-order valence-corrected chi connectivity index (χ2v) is 8.96. The molecule has 2 heterocycles. The Morgan fingerprint density at radius 2 is 1.91 bits per heavy atom. The van der Waals surface area contributed by atoms with Crippen LogP contribution >= 0.6 is 0 Å². The Balaban J connectivity index is 1.08. The third kappa shape index (κ3) is 5.45. The maximum absolute atomic E-state index is 13.5. The number of carbonyl (C=O) groups is 1. The molecule has 0 atom stereocenters. The number of aromatic amines is 1. The van der Waals surface area contributed by atoms with Gasteiger partial charge in [-0.3, -0.25) is 9.59 Å². The molecule has 0 aliphatic heterocycles. The Hall–Kier alpha value is -3.88. The molecule has 35 heavy (non-hydrogen) atoms. The predicted octanol–water partition coefficient (Wildman–Crippen LogP) is 4.28. The molecule has 0 radical (unpaired) electrons. The van der Waals surface area contributed by atoms with E-state index >= 15 is 0 Å². The van der Waals surface area contributed by atoms with Gasteiger partial charge in [-0.15, -0.1) is 10.2 Å². The van der Waals surface area contributed by atoms with Crippen LogP contribution in [-0.4, -0.2) is 32.1 Å². The normalized spacial score (nSPS) is 18.0. The molecule has 0 spiro atoms. The molecule has 5 rings (SSSR count). The second kappa shape index (κ2) is 10.2. The summed E-state index contributed by atoms with van der Waals surface area (Å²) in [5.41, 5.74) is 1.07. The average molecular weight is 476 g/mol. The number of hydrogen-bond donors (Lipinski definition) is 2. The maximum atomic E-state index is 13.5. The number of para-hydroxylation sites is 1. The van der Waals surface area contributed by atoms with E-state index in [0.717, 1.165) is 25.7 Å². The molecule has 2 aromatic carbocycles. The fourth-order valence-electron chi connectivity index (χ4n) is 4.59. The van der Waals surface area contributed by atoms with Gasteiger partial charge in [0, 0.05) is 30.4 Å². The number of benzene rings is 2. The first-order chi connectivity index (χ1) is 17.0. The number of halogens is 1. The van der Waals surface area contributed by atoms with Crippen molar-refractivity contribution in [2.24, 2.45) is 0 Å². The van der Waals surface area contributed by atoms with Gasteiger partial charge in [-0.1, -0.05) is 18.2 Å². The van der Waals surface area contributed by atoms with Gasteiger partial charge in [-0.05, 0) is 62.4 Å². The van der Waals surface area contributed by atoms with Gasteiger partial charge in [0.15, 0.2) is 0 Å². The summed E-state index contributed by atoms with van der Waals surface area (Å²) in [6.45, 7) is 0. The van der Waals surface area contributed by atoms with Crippen molar-refractivity contribution in [1.29, 1.82) is 0 Å². The van der Waals surface area contributed by atoms with Crippen LogP contribution < -0.4 is 10.9 Å². The predicted molar refractivity (Wildman–Crippen MR) is 128 cm³/mol. The van der Waals surface area contributed by atoms with Gasteiger partial charge < -0.3 is 14.7 Å². The zero-order valence-corrected chi connectivity index (χ0v) is 19.2. The number of amides is 1. The minimum absolute atomic E-state index is 0.00256. The zero-order valence-electron chi connectivity index (χ0n) is 19.2. The summed E-state index contributed by atoms with van der Waals surface area (Å²) in [6.07, 6.45) is 4.83. The minimum Gasteiger partial charge on any atom is -0.420 e. The van der Waals surface area contributed by atoms with E-state index < -0.39 is 0 Å². The maximum Gasteiger partial charge on any atom is 0.258 e. The molecule has 2 N–H and O–H groups in total. The Kier molecular flexibility index (Phi) is 6.65. The van der Waals surface area contributed by atoms with E-state index in [4.69, 9.17) is 4.42 Å². The molecule has 1 aliphatic carbocycles. The van der Waals surface area contributed by atoms with Crippen LogP contribution in [0.3, 0.4) is 0 Å². The Bertz CT molecular complexity index is 1390. The summed E-state index contributed by atoms with van der Waals surface area (Å²) in [5, 5.41) is 11.9. The molecular weight excluding hydrogens is 449 g/mol. The van der Waals surface area contributed by atoms with E-state index in [2.05, 4.69) is 25.5 Å². The van der Waals surface area contributed by atoms with Crippen LogP contribution in [0.4, 0.5) is 4.39 Å². The second-order valence-electron chi connectivity index (χ2n) is 8.96. The number of carbonyl (C=O) groups excluding carboxylic acids is 1. The molecule has 8 nitrogen and oxygen atoms in total. The molecule has 1 saturated carbocycles. The van der Waals surface area contributed by atoms with Crippen molar-refractivity contribution in [3.05, 3.63) is 76.4 Å². The van der Waals surface area contributed by atoms with E-state index in [0.29, 0.717) is 53.3 Å². The lowest BCUT2D eigenvalue weighted by molar-refractivity contribution is -0.122. The zero-order chi connectivity index (χ0) is 24.2. The number of hydrogen-bond acceptors (Lipinski definition) is 6. The van der Waals surface area contributed by atoms with Crippen LogP contribution in [-0.2, 0) is 11.2 Å². The van der Waals surface area contributed by atoms with Gasteiger partial charge >= 0.3 is 0 Å². The van der Waals surface area contributed by atoms with Gasteiger partial charge in [-0.25, -0.2) is 9.37 Å². The quantitative estimate of drug-likeness (QED) is 0.413. The fourth-order valence-corrected chi connectivity index (χ4v) is 4.59. The third-order valence-corrected chi connectivity index (χ3v) is 6.43. The molecule has 9 heteroatoms. The highest BCUT2D eigenvalue weighted by atomic mass is 19.1. The molecule has 180 valence electrons. The topological polar surface area (TPSA) is 114 Å². The van der Waals surface area contributed by atoms with Crippen molar-refractivity contribution in [1.82, 2.24) is 25.5 Å². The highest BCUT2D eigenvalue weighted by Gasteiger charge is 2.27. The highest BCUT2D eigenvalue weighted by Crippen LogP contribution is 2.33. The van der Waals surface area contributed by atoms with Gasteiger partial charge in [0.25, 0.3) is 5.56 Å². The molecular formula is C26H26FN5O3. The Morgan fingerprint density at radius 3 is 2.74 bits per heavy atom. The van der Waals surface area contributed by atoms with E-state index in [1.54, 1.807) is 18.2 Å². The smallest absolute Gasteiger partial charge is 0.258 e. The summed E-state index contributed by atoms with van der Waals surface area (Å²) < 4.78 is 19.3. The molecule has 1 amide bonds. The molecule has 0 bridgehead atoms. The van der Waals surface area contributed by atoms with E-state index in [1.807, 2.05) is 18.2 Å². The van der Waals surface area contributed by atoms with Gasteiger partial charge in [0.2, 0.25) is 17.7 Å². The molecule has 1 fully saturated rings. The number of rotatable bonds is 7. The number of aromatic nitrogens is 4. The first kappa shape index (κ1) is 22.9. The summed E-state index contributed by atoms with van der Waals surface area (Å²) in [4.78, 5) is 31.9. The minimum atomic E-state index is -0.347. The van der Waals surface area contributed by atoms with Crippen LogP contribution in [0, 0.1) is 5.82 Å². The molecule has 0 saturated heterocycles. The van der Waals surface area contributed by atoms with Crippen LogP contribution in [0.15, 0.2) is 57.7 Å². The lowest BCUT2D eigenvalue weighted by Crippen LogP contribution is -2.37. The summed E-state index contributed by atoms with van der Waals surface area (Å²) >= 11 is 0. The number of aryl methyl sites for hydroxylation is 1. The van der Waals surface area contributed by atoms with Gasteiger partial charge in [0.1, 0.15) is 11.6 Å². The average Bonchev–Trinajstić information content (AvgIpc) is 3.35. The monoisotopic (exact) mass is 475 g/mol. The highest BCUT2D eigenvalue weighted by molar-refractivity contribution is 5.77. The lowest BCUT2D eigenvalue weighted by atomic mass is 9.86. The van der Waals surface area contributed by atoms with Gasteiger partial charge in [0.05, 0.1) is 10.9 Å². The van der Waals surface area contributed by atoms with Crippen molar-refractivity contribution >= 4 is 16.8 Å². The summed E-state index contributed by atoms with van der Waals surface area (Å²) in [5.74, 6) is 1.26. The van der Waals surface area contributed by atoms with E-state index in [-0.39, 0.29) is 29.2 Å². The van der Waals surface area contributed by atoms with Crippen LogP contribution in [0.5, 0.6) is 0 Å². The van der Waals surface area contributed by atoms with E-state index in [1.165, 1.54) is 12.1 Å². The first-order valence-corrected chi connectivity index (χ1v) is 11.9. The fraction of sp³-hybridized carbons (Fsp3) is 0.346. The summed E-state index contributed by atoms with van der Waals surface area (Å²) in [6, 6.07) is 13.4. The first-order valence-electron chi connectivity index (χ1n) is 11.9. The van der Waals surface area contributed by atoms with E-state index in [9.17, 15) is 14.0 Å². The molecule has 2 aromatic heterocycles.